The molecule has 7 heteroatoms. The molecule has 0 aromatic heterocycles. The van der Waals surface area contributed by atoms with Gasteiger partial charge in [0.1, 0.15) is 6.54 Å². The Bertz CT molecular complexity index is 434. The van der Waals surface area contributed by atoms with Crippen molar-refractivity contribution < 1.29 is 27.4 Å². The summed E-state index contributed by atoms with van der Waals surface area (Å²) < 4.78 is 46.1. The van der Waals surface area contributed by atoms with E-state index in [0.717, 1.165) is 0 Å². The standard InChI is InChI=1S/C12H14F3NO3/c1-8(11(17)16-7-12(13,14)15)19-10-6-4-3-5-9(10)18-2/h3-6,8H,7H2,1-2H3,(H,16,17). The van der Waals surface area contributed by atoms with Gasteiger partial charge in [-0.1, -0.05) is 12.1 Å². The van der Waals surface area contributed by atoms with Crippen molar-refractivity contribution in [3.63, 3.8) is 0 Å². The minimum atomic E-state index is -4.44. The maximum absolute atomic E-state index is 11.9. The Balaban J connectivity index is 2.59. The van der Waals surface area contributed by atoms with Crippen molar-refractivity contribution in [2.75, 3.05) is 13.7 Å². The van der Waals surface area contributed by atoms with Crippen LogP contribution in [0.15, 0.2) is 24.3 Å². The van der Waals surface area contributed by atoms with Gasteiger partial charge in [-0.25, -0.2) is 0 Å². The van der Waals surface area contributed by atoms with Gasteiger partial charge in [-0.15, -0.1) is 0 Å². The predicted octanol–water partition coefficient (Wildman–Crippen LogP) is 2.14. The number of hydrogen-bond donors (Lipinski definition) is 1. The normalized spacial score (nSPS) is 12.7. The van der Waals surface area contributed by atoms with Crippen molar-refractivity contribution in [3.05, 3.63) is 24.3 Å². The van der Waals surface area contributed by atoms with Gasteiger partial charge in [0, 0.05) is 0 Å². The summed E-state index contributed by atoms with van der Waals surface area (Å²) >= 11 is 0. The van der Waals surface area contributed by atoms with Gasteiger partial charge in [0.05, 0.1) is 7.11 Å². The lowest BCUT2D eigenvalue weighted by Crippen LogP contribution is -2.41. The summed E-state index contributed by atoms with van der Waals surface area (Å²) in [6, 6.07) is 6.56. The van der Waals surface area contributed by atoms with E-state index in [2.05, 4.69) is 0 Å². The molecule has 0 fully saturated rings. The third kappa shape index (κ3) is 5.07. The van der Waals surface area contributed by atoms with Crippen LogP contribution in [-0.4, -0.2) is 31.8 Å². The Morgan fingerprint density at radius 3 is 2.42 bits per heavy atom. The number of methoxy groups -OCH3 is 1. The van der Waals surface area contributed by atoms with E-state index in [-0.39, 0.29) is 0 Å². The molecule has 0 aliphatic carbocycles. The van der Waals surface area contributed by atoms with Gasteiger partial charge in [0.15, 0.2) is 17.6 Å². The molecule has 0 spiro atoms. The van der Waals surface area contributed by atoms with Gasteiger partial charge < -0.3 is 14.8 Å². The van der Waals surface area contributed by atoms with E-state index in [1.54, 1.807) is 29.6 Å². The minimum Gasteiger partial charge on any atom is -0.493 e. The van der Waals surface area contributed by atoms with E-state index < -0.39 is 24.7 Å². The summed E-state index contributed by atoms with van der Waals surface area (Å²) in [5.41, 5.74) is 0. The third-order valence-corrected chi connectivity index (χ3v) is 2.21. The van der Waals surface area contributed by atoms with Gasteiger partial charge >= 0.3 is 6.18 Å². The number of ether oxygens (including phenoxy) is 2. The third-order valence-electron chi connectivity index (χ3n) is 2.21. The SMILES string of the molecule is COc1ccccc1OC(C)C(=O)NCC(F)(F)F. The molecular formula is C12H14F3NO3. The zero-order valence-electron chi connectivity index (χ0n) is 10.5. The van der Waals surface area contributed by atoms with Crippen molar-refractivity contribution in [1.29, 1.82) is 0 Å². The molecule has 1 amide bonds. The summed E-state index contributed by atoms with van der Waals surface area (Å²) in [4.78, 5) is 11.4. The lowest BCUT2D eigenvalue weighted by atomic mass is 10.3. The summed E-state index contributed by atoms with van der Waals surface area (Å²) in [7, 11) is 1.43. The van der Waals surface area contributed by atoms with Crippen LogP contribution in [0.1, 0.15) is 6.92 Å². The maximum atomic E-state index is 11.9. The van der Waals surface area contributed by atoms with E-state index >= 15 is 0 Å². The van der Waals surface area contributed by atoms with E-state index in [1.807, 2.05) is 0 Å². The fourth-order valence-corrected chi connectivity index (χ4v) is 1.29. The van der Waals surface area contributed by atoms with Crippen molar-refractivity contribution in [2.45, 2.75) is 19.2 Å². The first-order valence-corrected chi connectivity index (χ1v) is 5.47. The van der Waals surface area contributed by atoms with Gasteiger partial charge in [-0.2, -0.15) is 13.2 Å². The molecule has 0 aliphatic heterocycles. The largest absolute Gasteiger partial charge is 0.493 e. The topological polar surface area (TPSA) is 47.6 Å². The Morgan fingerprint density at radius 1 is 1.32 bits per heavy atom. The highest BCUT2D eigenvalue weighted by molar-refractivity contribution is 5.80. The number of carbonyl (C=O) groups excluding carboxylic acids is 1. The fraction of sp³-hybridized carbons (Fsp3) is 0.417. The number of nitrogens with one attached hydrogen (secondary N) is 1. The second-order valence-electron chi connectivity index (χ2n) is 3.74. The lowest BCUT2D eigenvalue weighted by Gasteiger charge is -2.17. The maximum Gasteiger partial charge on any atom is 0.405 e. The Kier molecular flexibility index (Phi) is 5.02. The van der Waals surface area contributed by atoms with Crippen LogP contribution in [-0.2, 0) is 4.79 Å². The first-order chi connectivity index (χ1) is 8.83. The molecule has 1 rings (SSSR count). The fourth-order valence-electron chi connectivity index (χ4n) is 1.29. The second kappa shape index (κ2) is 6.31. The summed E-state index contributed by atoms with van der Waals surface area (Å²) in [5.74, 6) is -0.152. The molecule has 19 heavy (non-hydrogen) atoms. The van der Waals surface area contributed by atoms with Crippen LogP contribution in [0, 0.1) is 0 Å². The number of carbonyl (C=O) groups is 1. The first kappa shape index (κ1) is 15.1. The zero-order valence-corrected chi connectivity index (χ0v) is 10.5. The summed E-state index contributed by atoms with van der Waals surface area (Å²) in [6.07, 6.45) is -5.50. The van der Waals surface area contributed by atoms with E-state index in [9.17, 15) is 18.0 Å². The van der Waals surface area contributed by atoms with E-state index in [0.29, 0.717) is 11.5 Å². The van der Waals surface area contributed by atoms with Crippen LogP contribution in [0.4, 0.5) is 13.2 Å². The number of para-hydroxylation sites is 2. The van der Waals surface area contributed by atoms with Gasteiger partial charge in [-0.3, -0.25) is 4.79 Å². The van der Waals surface area contributed by atoms with Crippen molar-refractivity contribution >= 4 is 5.91 Å². The molecule has 1 unspecified atom stereocenters. The molecule has 0 heterocycles. The van der Waals surface area contributed by atoms with Crippen molar-refractivity contribution in [3.8, 4) is 11.5 Å². The van der Waals surface area contributed by atoms with E-state index in [4.69, 9.17) is 9.47 Å². The zero-order chi connectivity index (χ0) is 14.5. The molecule has 0 saturated carbocycles. The molecule has 0 aliphatic rings. The molecule has 1 aromatic carbocycles. The van der Waals surface area contributed by atoms with Crippen LogP contribution in [0.2, 0.25) is 0 Å². The highest BCUT2D eigenvalue weighted by Gasteiger charge is 2.29. The molecule has 106 valence electrons. The van der Waals surface area contributed by atoms with Crippen LogP contribution in [0.3, 0.4) is 0 Å². The highest BCUT2D eigenvalue weighted by Crippen LogP contribution is 2.26. The number of halogens is 3. The average Bonchev–Trinajstić information content (AvgIpc) is 2.35. The van der Waals surface area contributed by atoms with Gasteiger partial charge in [0.25, 0.3) is 5.91 Å². The average molecular weight is 277 g/mol. The number of amides is 1. The van der Waals surface area contributed by atoms with Crippen LogP contribution in [0.25, 0.3) is 0 Å². The number of hydrogen-bond acceptors (Lipinski definition) is 3. The Morgan fingerprint density at radius 2 is 1.89 bits per heavy atom. The van der Waals surface area contributed by atoms with Gasteiger partial charge in [-0.05, 0) is 19.1 Å². The van der Waals surface area contributed by atoms with Crippen LogP contribution < -0.4 is 14.8 Å². The van der Waals surface area contributed by atoms with Gasteiger partial charge in [0.2, 0.25) is 0 Å². The smallest absolute Gasteiger partial charge is 0.405 e. The lowest BCUT2D eigenvalue weighted by molar-refractivity contribution is -0.142. The molecular weight excluding hydrogens is 263 g/mol. The number of rotatable bonds is 5. The molecule has 1 aromatic rings. The monoisotopic (exact) mass is 277 g/mol. The molecule has 4 nitrogen and oxygen atoms in total. The molecule has 0 saturated heterocycles. The quantitative estimate of drug-likeness (QED) is 0.897. The number of benzene rings is 1. The van der Waals surface area contributed by atoms with Crippen LogP contribution in [0.5, 0.6) is 11.5 Å². The van der Waals surface area contributed by atoms with Crippen molar-refractivity contribution in [1.82, 2.24) is 5.32 Å². The van der Waals surface area contributed by atoms with Crippen LogP contribution >= 0.6 is 0 Å². The highest BCUT2D eigenvalue weighted by atomic mass is 19.4. The van der Waals surface area contributed by atoms with Crippen molar-refractivity contribution in [2.24, 2.45) is 0 Å². The molecule has 0 radical (unpaired) electrons. The van der Waals surface area contributed by atoms with E-state index in [1.165, 1.54) is 14.0 Å². The predicted molar refractivity (Wildman–Crippen MR) is 62.1 cm³/mol. The molecule has 0 bridgehead atoms. The Labute approximate surface area is 108 Å². The number of alkyl halides is 3. The summed E-state index contributed by atoms with van der Waals surface area (Å²) in [5, 5.41) is 1.75. The minimum absolute atomic E-state index is 0.291. The summed E-state index contributed by atoms with van der Waals surface area (Å²) in [6.45, 7) is -0.0242. The molecule has 1 N–H and O–H groups in total. The Hall–Kier alpha value is -1.92. The second-order valence-corrected chi connectivity index (χ2v) is 3.74. The molecule has 1 atom stereocenters. The first-order valence-electron chi connectivity index (χ1n) is 5.47.